The molecular weight excluding hydrogens is 256 g/mol. The van der Waals surface area contributed by atoms with Gasteiger partial charge in [0.1, 0.15) is 0 Å². The van der Waals surface area contributed by atoms with Crippen molar-refractivity contribution in [2.24, 2.45) is 5.10 Å². The van der Waals surface area contributed by atoms with Crippen molar-refractivity contribution in [3.8, 4) is 0 Å². The molecule has 0 saturated carbocycles. The molecule has 2 nitrogen and oxygen atoms in total. The highest BCUT2D eigenvalue weighted by molar-refractivity contribution is 6.08. The van der Waals surface area contributed by atoms with Gasteiger partial charge in [0.15, 0.2) is 0 Å². The first kappa shape index (κ1) is 11.9. The first-order valence-electron chi connectivity index (χ1n) is 7.01. The predicted octanol–water partition coefficient (Wildman–Crippen LogP) is 4.68. The van der Waals surface area contributed by atoms with Crippen molar-refractivity contribution < 1.29 is 0 Å². The van der Waals surface area contributed by atoms with Crippen LogP contribution in [0, 0.1) is 0 Å². The van der Waals surface area contributed by atoms with Crippen molar-refractivity contribution >= 4 is 28.0 Å². The molecule has 0 N–H and O–H groups in total. The summed E-state index contributed by atoms with van der Waals surface area (Å²) >= 11 is 0. The zero-order chi connectivity index (χ0) is 14.1. The van der Waals surface area contributed by atoms with Crippen LogP contribution >= 0.6 is 0 Å². The second-order valence-corrected chi connectivity index (χ2v) is 5.00. The van der Waals surface area contributed by atoms with Crippen LogP contribution in [0.4, 0.5) is 0 Å². The molecule has 1 heterocycles. The van der Waals surface area contributed by atoms with Gasteiger partial charge in [-0.05, 0) is 17.7 Å². The van der Waals surface area contributed by atoms with Crippen LogP contribution in [-0.2, 0) is 0 Å². The number of para-hydroxylation sites is 2. The summed E-state index contributed by atoms with van der Waals surface area (Å²) in [7, 11) is 0. The SMILES string of the molecule is C(=N/n1c2ccccc2c2ccccc21)/c1ccccc1. The van der Waals surface area contributed by atoms with Gasteiger partial charge in [-0.2, -0.15) is 5.10 Å². The molecule has 0 spiro atoms. The van der Waals surface area contributed by atoms with Crippen molar-refractivity contribution in [1.29, 1.82) is 0 Å². The van der Waals surface area contributed by atoms with E-state index in [2.05, 4.69) is 65.8 Å². The zero-order valence-electron chi connectivity index (χ0n) is 11.5. The lowest BCUT2D eigenvalue weighted by atomic mass is 10.2. The molecule has 4 rings (SSSR count). The topological polar surface area (TPSA) is 17.3 Å². The van der Waals surface area contributed by atoms with Crippen molar-refractivity contribution in [3.05, 3.63) is 84.4 Å². The van der Waals surface area contributed by atoms with E-state index in [9.17, 15) is 0 Å². The van der Waals surface area contributed by atoms with Crippen LogP contribution in [0.25, 0.3) is 21.8 Å². The summed E-state index contributed by atoms with van der Waals surface area (Å²) in [4.78, 5) is 0. The summed E-state index contributed by atoms with van der Waals surface area (Å²) < 4.78 is 2.01. The molecular formula is C19H14N2. The van der Waals surface area contributed by atoms with Gasteiger partial charge in [-0.1, -0.05) is 66.7 Å². The molecule has 0 radical (unpaired) electrons. The third-order valence-corrected chi connectivity index (χ3v) is 3.68. The monoisotopic (exact) mass is 270 g/mol. The van der Waals surface area contributed by atoms with E-state index in [4.69, 9.17) is 0 Å². The Kier molecular flexibility index (Phi) is 2.79. The Morgan fingerprint density at radius 1 is 0.619 bits per heavy atom. The van der Waals surface area contributed by atoms with Gasteiger partial charge in [0.05, 0.1) is 17.2 Å². The van der Waals surface area contributed by atoms with Gasteiger partial charge >= 0.3 is 0 Å². The molecule has 100 valence electrons. The lowest BCUT2D eigenvalue weighted by molar-refractivity contribution is 0.975. The fourth-order valence-electron chi connectivity index (χ4n) is 2.69. The van der Waals surface area contributed by atoms with Gasteiger partial charge in [0, 0.05) is 10.8 Å². The van der Waals surface area contributed by atoms with Crippen LogP contribution in [0.1, 0.15) is 5.56 Å². The highest BCUT2D eigenvalue weighted by Crippen LogP contribution is 2.28. The average Bonchev–Trinajstić information content (AvgIpc) is 2.88. The normalized spacial score (nSPS) is 11.6. The third kappa shape index (κ3) is 2.01. The quantitative estimate of drug-likeness (QED) is 0.471. The molecule has 1 aromatic heterocycles. The smallest absolute Gasteiger partial charge is 0.0732 e. The number of fused-ring (bicyclic) bond motifs is 3. The number of hydrogen-bond donors (Lipinski definition) is 0. The number of aromatic nitrogens is 1. The number of rotatable bonds is 2. The van der Waals surface area contributed by atoms with E-state index in [0.717, 1.165) is 16.6 Å². The maximum absolute atomic E-state index is 4.68. The summed E-state index contributed by atoms with van der Waals surface area (Å²) in [5.74, 6) is 0. The molecule has 0 amide bonds. The summed E-state index contributed by atoms with van der Waals surface area (Å²) in [5, 5.41) is 7.15. The molecule has 0 saturated heterocycles. The van der Waals surface area contributed by atoms with Crippen molar-refractivity contribution in [3.63, 3.8) is 0 Å². The van der Waals surface area contributed by atoms with Crippen LogP contribution < -0.4 is 0 Å². The van der Waals surface area contributed by atoms with Crippen molar-refractivity contribution in [2.45, 2.75) is 0 Å². The Hall–Kier alpha value is -2.87. The first-order chi connectivity index (χ1) is 10.4. The Bertz CT molecular complexity index is 880. The molecule has 0 fully saturated rings. The Balaban J connectivity index is 1.96. The second-order valence-electron chi connectivity index (χ2n) is 5.00. The van der Waals surface area contributed by atoms with Crippen LogP contribution in [0.3, 0.4) is 0 Å². The van der Waals surface area contributed by atoms with E-state index < -0.39 is 0 Å². The van der Waals surface area contributed by atoms with Gasteiger partial charge in [-0.15, -0.1) is 0 Å². The number of benzene rings is 3. The van der Waals surface area contributed by atoms with Crippen LogP contribution in [0.5, 0.6) is 0 Å². The Morgan fingerprint density at radius 2 is 1.14 bits per heavy atom. The van der Waals surface area contributed by atoms with Gasteiger partial charge in [-0.25, -0.2) is 4.68 Å². The zero-order valence-corrected chi connectivity index (χ0v) is 11.5. The molecule has 21 heavy (non-hydrogen) atoms. The molecule has 0 aliphatic rings. The van der Waals surface area contributed by atoms with Gasteiger partial charge < -0.3 is 0 Å². The maximum atomic E-state index is 4.68. The molecule has 0 bridgehead atoms. The van der Waals surface area contributed by atoms with Gasteiger partial charge in [0.25, 0.3) is 0 Å². The Morgan fingerprint density at radius 3 is 1.76 bits per heavy atom. The first-order valence-corrected chi connectivity index (χ1v) is 7.01. The lowest BCUT2D eigenvalue weighted by Crippen LogP contribution is -1.90. The highest BCUT2D eigenvalue weighted by Gasteiger charge is 2.07. The van der Waals surface area contributed by atoms with E-state index in [1.807, 2.05) is 29.1 Å². The van der Waals surface area contributed by atoms with Crippen LogP contribution in [0.2, 0.25) is 0 Å². The predicted molar refractivity (Wildman–Crippen MR) is 88.9 cm³/mol. The number of nitrogens with zero attached hydrogens (tertiary/aromatic N) is 2. The van der Waals surface area contributed by atoms with Crippen molar-refractivity contribution in [2.75, 3.05) is 0 Å². The maximum Gasteiger partial charge on any atom is 0.0732 e. The second kappa shape index (κ2) is 4.91. The molecule has 2 heteroatoms. The third-order valence-electron chi connectivity index (χ3n) is 3.68. The molecule has 0 atom stereocenters. The highest BCUT2D eigenvalue weighted by atomic mass is 15.3. The minimum absolute atomic E-state index is 1.10. The van der Waals surface area contributed by atoms with Crippen LogP contribution in [-0.4, -0.2) is 10.9 Å². The largest absolute Gasteiger partial charge is 0.232 e. The summed E-state index contributed by atoms with van der Waals surface area (Å²) in [6.45, 7) is 0. The molecule has 0 aliphatic heterocycles. The summed E-state index contributed by atoms with van der Waals surface area (Å²) in [6.07, 6.45) is 1.90. The minimum Gasteiger partial charge on any atom is -0.232 e. The van der Waals surface area contributed by atoms with Crippen LogP contribution in [0.15, 0.2) is 84.0 Å². The van der Waals surface area contributed by atoms with E-state index in [1.54, 1.807) is 0 Å². The fraction of sp³-hybridized carbons (Fsp3) is 0. The Labute approximate surface area is 123 Å². The van der Waals surface area contributed by atoms with Gasteiger partial charge in [-0.3, -0.25) is 0 Å². The summed E-state index contributed by atoms with van der Waals surface area (Å²) in [6, 6.07) is 26.9. The average molecular weight is 270 g/mol. The number of hydrogen-bond acceptors (Lipinski definition) is 1. The minimum atomic E-state index is 1.10. The van der Waals surface area contributed by atoms with E-state index in [-0.39, 0.29) is 0 Å². The van der Waals surface area contributed by atoms with Gasteiger partial charge in [0.2, 0.25) is 0 Å². The lowest BCUT2D eigenvalue weighted by Gasteiger charge is -1.99. The molecule has 3 aromatic carbocycles. The fourth-order valence-corrected chi connectivity index (χ4v) is 2.69. The van der Waals surface area contributed by atoms with Crippen molar-refractivity contribution in [1.82, 2.24) is 4.68 Å². The molecule has 0 unspecified atom stereocenters. The van der Waals surface area contributed by atoms with E-state index in [0.29, 0.717) is 0 Å². The van der Waals surface area contributed by atoms with E-state index in [1.165, 1.54) is 10.8 Å². The summed E-state index contributed by atoms with van der Waals surface area (Å²) in [5.41, 5.74) is 3.36. The molecule has 4 aromatic rings. The van der Waals surface area contributed by atoms with E-state index >= 15 is 0 Å². The standard InChI is InChI=1S/C19H14N2/c1-2-8-15(9-3-1)14-20-21-18-12-6-4-10-16(18)17-11-5-7-13-19(17)21/h1-14H/b20-14-. The molecule has 0 aliphatic carbocycles.